The largest absolute Gasteiger partial charge is 0.467 e. The number of methoxy groups -OCH3 is 1. The summed E-state index contributed by atoms with van der Waals surface area (Å²) in [7, 11) is 1.53. The van der Waals surface area contributed by atoms with Crippen molar-refractivity contribution < 1.29 is 19.0 Å². The Hall–Kier alpha value is -1.89. The van der Waals surface area contributed by atoms with E-state index in [1.807, 2.05) is 42.5 Å². The van der Waals surface area contributed by atoms with Gasteiger partial charge >= 0.3 is 5.97 Å². The van der Waals surface area contributed by atoms with Gasteiger partial charge in [0.25, 0.3) is 0 Å². The van der Waals surface area contributed by atoms with E-state index in [0.717, 1.165) is 10.5 Å². The molecule has 0 aromatic heterocycles. The molecule has 0 aliphatic carbocycles. The minimum absolute atomic E-state index is 0.0583. The molecule has 0 bridgehead atoms. The van der Waals surface area contributed by atoms with Crippen LogP contribution in [0.15, 0.2) is 53.4 Å². The van der Waals surface area contributed by atoms with E-state index >= 15 is 0 Å². The van der Waals surface area contributed by atoms with Crippen LogP contribution in [0.5, 0.6) is 5.75 Å². The SMILES string of the molecule is COCOc1cccc(CSc2ccccc2)c1C(=O)OCC=S. The Balaban J connectivity index is 2.23. The molecule has 6 heteroatoms. The quantitative estimate of drug-likeness (QED) is 0.289. The maximum absolute atomic E-state index is 12.4. The fourth-order valence-electron chi connectivity index (χ4n) is 2.03. The van der Waals surface area contributed by atoms with Gasteiger partial charge in [-0.25, -0.2) is 4.79 Å². The highest BCUT2D eigenvalue weighted by molar-refractivity contribution is 7.98. The zero-order chi connectivity index (χ0) is 17.2. The average molecular weight is 362 g/mol. The van der Waals surface area contributed by atoms with E-state index < -0.39 is 5.97 Å². The van der Waals surface area contributed by atoms with Crippen molar-refractivity contribution in [1.82, 2.24) is 0 Å². The van der Waals surface area contributed by atoms with Crippen molar-refractivity contribution in [2.75, 3.05) is 20.5 Å². The third-order valence-corrected chi connectivity index (χ3v) is 4.27. The lowest BCUT2D eigenvalue weighted by molar-refractivity contribution is 0.0454. The number of carbonyl (C=O) groups is 1. The molecule has 0 unspecified atom stereocenters. The average Bonchev–Trinajstić information content (AvgIpc) is 2.63. The Morgan fingerprint density at radius 2 is 1.96 bits per heavy atom. The lowest BCUT2D eigenvalue weighted by atomic mass is 10.1. The molecule has 0 fully saturated rings. The van der Waals surface area contributed by atoms with Crippen LogP contribution in [0.4, 0.5) is 0 Å². The number of esters is 1. The van der Waals surface area contributed by atoms with E-state index in [0.29, 0.717) is 17.1 Å². The summed E-state index contributed by atoms with van der Waals surface area (Å²) in [6.07, 6.45) is 0. The van der Waals surface area contributed by atoms with E-state index in [-0.39, 0.29) is 13.4 Å². The van der Waals surface area contributed by atoms with Crippen LogP contribution in [0.1, 0.15) is 15.9 Å². The topological polar surface area (TPSA) is 44.8 Å². The second-order valence-electron chi connectivity index (χ2n) is 4.71. The summed E-state index contributed by atoms with van der Waals surface area (Å²) < 4.78 is 15.6. The van der Waals surface area contributed by atoms with Gasteiger partial charge in [0.2, 0.25) is 0 Å². The smallest absolute Gasteiger partial charge is 0.342 e. The third-order valence-electron chi connectivity index (χ3n) is 3.07. The minimum atomic E-state index is -0.452. The normalized spacial score (nSPS) is 10.2. The van der Waals surface area contributed by atoms with Crippen LogP contribution < -0.4 is 4.74 Å². The highest BCUT2D eigenvalue weighted by Crippen LogP contribution is 2.29. The lowest BCUT2D eigenvalue weighted by Crippen LogP contribution is -2.12. The first-order chi connectivity index (χ1) is 11.8. The molecule has 0 saturated heterocycles. The fraction of sp³-hybridized carbons (Fsp3) is 0.222. The molecule has 2 aromatic carbocycles. The highest BCUT2D eigenvalue weighted by Gasteiger charge is 2.19. The molecule has 0 N–H and O–H groups in total. The maximum Gasteiger partial charge on any atom is 0.342 e. The fourth-order valence-corrected chi connectivity index (χ4v) is 3.01. The van der Waals surface area contributed by atoms with Crippen molar-refractivity contribution in [2.24, 2.45) is 0 Å². The first-order valence-electron chi connectivity index (χ1n) is 7.28. The molecular weight excluding hydrogens is 344 g/mol. The van der Waals surface area contributed by atoms with Gasteiger partial charge in [0, 0.05) is 23.1 Å². The zero-order valence-corrected chi connectivity index (χ0v) is 14.9. The van der Waals surface area contributed by atoms with Gasteiger partial charge in [-0.15, -0.1) is 11.8 Å². The number of thioether (sulfide) groups is 1. The Bertz CT molecular complexity index is 674. The molecule has 2 aromatic rings. The van der Waals surface area contributed by atoms with Crippen molar-refractivity contribution >= 4 is 35.3 Å². The predicted molar refractivity (Wildman–Crippen MR) is 98.9 cm³/mol. The molecule has 0 amide bonds. The summed E-state index contributed by atoms with van der Waals surface area (Å²) in [5.74, 6) is 0.611. The number of rotatable bonds is 9. The summed E-state index contributed by atoms with van der Waals surface area (Å²) in [5.41, 5.74) is 1.25. The van der Waals surface area contributed by atoms with Crippen molar-refractivity contribution in [1.29, 1.82) is 0 Å². The van der Waals surface area contributed by atoms with Crippen LogP contribution in [0.3, 0.4) is 0 Å². The van der Waals surface area contributed by atoms with Crippen molar-refractivity contribution in [2.45, 2.75) is 10.6 Å². The van der Waals surface area contributed by atoms with Gasteiger partial charge in [0.15, 0.2) is 6.79 Å². The summed E-state index contributed by atoms with van der Waals surface area (Å²) in [6.45, 7) is 0.140. The van der Waals surface area contributed by atoms with Gasteiger partial charge in [0.1, 0.15) is 17.9 Å². The molecule has 0 aliphatic heterocycles. The Labute approximate surface area is 151 Å². The van der Waals surface area contributed by atoms with Crippen molar-refractivity contribution in [3.05, 3.63) is 59.7 Å². The Morgan fingerprint density at radius 3 is 2.67 bits per heavy atom. The number of benzene rings is 2. The van der Waals surface area contributed by atoms with Crippen LogP contribution in [0, 0.1) is 0 Å². The standard InChI is InChI=1S/C18H18O4S2/c1-20-13-22-16-9-5-6-14(17(16)18(19)21-10-11-23)12-24-15-7-3-2-4-8-15/h2-9,11H,10,12-13H2,1H3. The number of ether oxygens (including phenoxy) is 3. The monoisotopic (exact) mass is 362 g/mol. The third kappa shape index (κ3) is 5.33. The highest BCUT2D eigenvalue weighted by atomic mass is 32.2. The Morgan fingerprint density at radius 1 is 1.17 bits per heavy atom. The lowest BCUT2D eigenvalue weighted by Gasteiger charge is -2.14. The molecule has 0 heterocycles. The van der Waals surface area contributed by atoms with Crippen LogP contribution in [-0.2, 0) is 15.2 Å². The van der Waals surface area contributed by atoms with Gasteiger partial charge in [0.05, 0.1) is 0 Å². The van der Waals surface area contributed by atoms with Crippen LogP contribution >= 0.6 is 24.0 Å². The van der Waals surface area contributed by atoms with E-state index in [1.165, 1.54) is 12.5 Å². The summed E-state index contributed by atoms with van der Waals surface area (Å²) in [4.78, 5) is 13.5. The molecular formula is C18H18O4S2. The van der Waals surface area contributed by atoms with Crippen LogP contribution in [0.25, 0.3) is 0 Å². The van der Waals surface area contributed by atoms with E-state index in [4.69, 9.17) is 26.4 Å². The second-order valence-corrected chi connectivity index (χ2v) is 6.09. The molecule has 24 heavy (non-hydrogen) atoms. The number of hydrogen-bond acceptors (Lipinski definition) is 6. The first kappa shape index (κ1) is 18.4. The number of carbonyl (C=O) groups excluding carboxylic acids is 1. The number of thiocarbonyl (C=S) groups is 1. The van der Waals surface area contributed by atoms with Gasteiger partial charge < -0.3 is 14.2 Å². The molecule has 126 valence electrons. The van der Waals surface area contributed by atoms with E-state index in [1.54, 1.807) is 17.8 Å². The summed E-state index contributed by atoms with van der Waals surface area (Å²) in [5, 5.41) is 1.37. The van der Waals surface area contributed by atoms with Crippen LogP contribution in [0.2, 0.25) is 0 Å². The first-order valence-corrected chi connectivity index (χ1v) is 8.74. The van der Waals surface area contributed by atoms with Crippen molar-refractivity contribution in [3.63, 3.8) is 0 Å². The van der Waals surface area contributed by atoms with E-state index in [2.05, 4.69) is 0 Å². The maximum atomic E-state index is 12.4. The Kier molecular flexibility index (Phi) is 7.74. The summed E-state index contributed by atoms with van der Waals surface area (Å²) in [6, 6.07) is 15.5. The molecule has 0 aliphatic rings. The second kappa shape index (κ2) is 10.1. The van der Waals surface area contributed by atoms with Gasteiger partial charge in [-0.1, -0.05) is 42.5 Å². The molecule has 4 nitrogen and oxygen atoms in total. The predicted octanol–water partition coefficient (Wildman–Crippen LogP) is 4.12. The van der Waals surface area contributed by atoms with Gasteiger partial charge in [-0.3, -0.25) is 0 Å². The molecule has 0 spiro atoms. The minimum Gasteiger partial charge on any atom is -0.467 e. The molecule has 0 atom stereocenters. The summed E-state index contributed by atoms with van der Waals surface area (Å²) >= 11 is 6.35. The van der Waals surface area contributed by atoms with Crippen LogP contribution in [-0.4, -0.2) is 31.8 Å². The molecule has 0 radical (unpaired) electrons. The van der Waals surface area contributed by atoms with Gasteiger partial charge in [-0.2, -0.15) is 0 Å². The molecule has 0 saturated carbocycles. The number of hydrogen-bond donors (Lipinski definition) is 0. The zero-order valence-electron chi connectivity index (χ0n) is 13.3. The van der Waals surface area contributed by atoms with E-state index in [9.17, 15) is 4.79 Å². The molecule has 2 rings (SSSR count). The van der Waals surface area contributed by atoms with Gasteiger partial charge in [-0.05, 0) is 23.8 Å². The van der Waals surface area contributed by atoms with Crippen molar-refractivity contribution in [3.8, 4) is 5.75 Å².